The number of nitrogens with zero attached hydrogens (tertiary/aromatic N) is 3. The van der Waals surface area contributed by atoms with Crippen molar-refractivity contribution in [3.05, 3.63) is 52.0 Å². The first-order valence-electron chi connectivity index (χ1n) is 9.41. The van der Waals surface area contributed by atoms with Gasteiger partial charge in [-0.1, -0.05) is 54.5 Å². The van der Waals surface area contributed by atoms with Gasteiger partial charge in [0.1, 0.15) is 11.3 Å². The second-order valence-electron chi connectivity index (χ2n) is 6.42. The number of likely N-dealkylation sites (N-methyl/N-ethyl adjacent to an activating group) is 1. The van der Waals surface area contributed by atoms with Gasteiger partial charge in [-0.05, 0) is 43.4 Å². The number of benzene rings is 2. The Kier molecular flexibility index (Phi) is 7.35. The van der Waals surface area contributed by atoms with Crippen molar-refractivity contribution >= 4 is 55.8 Å². The maximum Gasteiger partial charge on any atom is 0.260 e. The Morgan fingerprint density at radius 1 is 1.14 bits per heavy atom. The molecule has 0 aliphatic carbocycles. The van der Waals surface area contributed by atoms with Crippen LogP contribution in [0.2, 0.25) is 10.0 Å². The molecule has 0 atom stereocenters. The summed E-state index contributed by atoms with van der Waals surface area (Å²) in [6.45, 7) is 7.28. The molecular formula is C21H23Cl2N3O2S. The van der Waals surface area contributed by atoms with Crippen molar-refractivity contribution in [3.8, 4) is 5.75 Å². The van der Waals surface area contributed by atoms with Crippen molar-refractivity contribution in [2.75, 3.05) is 38.2 Å². The summed E-state index contributed by atoms with van der Waals surface area (Å²) in [4.78, 5) is 22.0. The van der Waals surface area contributed by atoms with Crippen LogP contribution in [-0.2, 0) is 0 Å². The fourth-order valence-corrected chi connectivity index (χ4v) is 4.53. The van der Waals surface area contributed by atoms with Crippen LogP contribution in [0, 0.1) is 0 Å². The Hall–Kier alpha value is -1.86. The topological polar surface area (TPSA) is 45.7 Å². The molecule has 3 rings (SSSR count). The number of hydrogen-bond donors (Lipinski definition) is 0. The van der Waals surface area contributed by atoms with E-state index < -0.39 is 0 Å². The fourth-order valence-electron chi connectivity index (χ4n) is 3.06. The third-order valence-electron chi connectivity index (χ3n) is 4.75. The van der Waals surface area contributed by atoms with Gasteiger partial charge in [0.15, 0.2) is 5.13 Å². The molecule has 0 spiro atoms. The smallest absolute Gasteiger partial charge is 0.260 e. The molecule has 2 aromatic carbocycles. The molecule has 0 fully saturated rings. The number of anilines is 1. The zero-order valence-corrected chi connectivity index (χ0v) is 18.9. The number of aromatic nitrogens is 1. The lowest BCUT2D eigenvalue weighted by molar-refractivity contribution is 0.0984. The molecule has 3 aromatic rings. The highest BCUT2D eigenvalue weighted by atomic mass is 35.5. The van der Waals surface area contributed by atoms with Crippen LogP contribution in [-0.4, -0.2) is 49.1 Å². The van der Waals surface area contributed by atoms with Crippen molar-refractivity contribution in [2.45, 2.75) is 13.8 Å². The molecule has 1 amide bonds. The number of fused-ring (bicyclic) bond motifs is 1. The molecule has 1 heterocycles. The predicted octanol–water partition coefficient (Wildman–Crippen LogP) is 5.60. The van der Waals surface area contributed by atoms with E-state index in [0.29, 0.717) is 38.6 Å². The van der Waals surface area contributed by atoms with E-state index >= 15 is 0 Å². The molecule has 0 N–H and O–H groups in total. The number of amides is 1. The average molecular weight is 452 g/mol. The standard InChI is InChI=1S/C21H23Cl2N3O2S/c1-4-25(5-2)11-12-26(20(27)14-7-6-8-15(22)13-14)21-24-18-17(28-3)10-9-16(23)19(18)29-21/h6-10,13H,4-5,11-12H2,1-3H3. The lowest BCUT2D eigenvalue weighted by Gasteiger charge is -2.24. The molecular weight excluding hydrogens is 429 g/mol. The van der Waals surface area contributed by atoms with Gasteiger partial charge in [-0.3, -0.25) is 9.69 Å². The van der Waals surface area contributed by atoms with Crippen molar-refractivity contribution in [3.63, 3.8) is 0 Å². The first-order valence-corrected chi connectivity index (χ1v) is 11.0. The third kappa shape index (κ3) is 4.83. The number of carbonyl (C=O) groups excluding carboxylic acids is 1. The number of ether oxygens (including phenoxy) is 1. The van der Waals surface area contributed by atoms with Crippen LogP contribution >= 0.6 is 34.5 Å². The van der Waals surface area contributed by atoms with E-state index in [1.54, 1.807) is 48.4 Å². The molecule has 8 heteroatoms. The summed E-state index contributed by atoms with van der Waals surface area (Å²) < 4.78 is 6.22. The van der Waals surface area contributed by atoms with Gasteiger partial charge >= 0.3 is 0 Å². The van der Waals surface area contributed by atoms with Crippen LogP contribution in [0.5, 0.6) is 5.75 Å². The van der Waals surface area contributed by atoms with Crippen molar-refractivity contribution in [2.24, 2.45) is 0 Å². The van der Waals surface area contributed by atoms with Crippen LogP contribution in [0.15, 0.2) is 36.4 Å². The maximum atomic E-state index is 13.4. The molecule has 5 nitrogen and oxygen atoms in total. The summed E-state index contributed by atoms with van der Waals surface area (Å²) in [7, 11) is 1.59. The van der Waals surface area contributed by atoms with E-state index in [1.807, 2.05) is 0 Å². The van der Waals surface area contributed by atoms with Gasteiger partial charge in [-0.25, -0.2) is 4.98 Å². The Morgan fingerprint density at radius 3 is 2.55 bits per heavy atom. The maximum absolute atomic E-state index is 13.4. The van der Waals surface area contributed by atoms with Gasteiger partial charge in [-0.15, -0.1) is 0 Å². The van der Waals surface area contributed by atoms with Gasteiger partial charge in [0.2, 0.25) is 0 Å². The predicted molar refractivity (Wildman–Crippen MR) is 122 cm³/mol. The molecule has 0 saturated heterocycles. The summed E-state index contributed by atoms with van der Waals surface area (Å²) in [6, 6.07) is 10.5. The molecule has 0 unspecified atom stereocenters. The summed E-state index contributed by atoms with van der Waals surface area (Å²) >= 11 is 13.9. The van der Waals surface area contributed by atoms with Crippen LogP contribution in [0.4, 0.5) is 5.13 Å². The molecule has 1 aromatic heterocycles. The highest BCUT2D eigenvalue weighted by molar-refractivity contribution is 7.23. The minimum Gasteiger partial charge on any atom is -0.494 e. The van der Waals surface area contributed by atoms with Crippen LogP contribution in [0.25, 0.3) is 10.2 Å². The molecule has 0 saturated carbocycles. The van der Waals surface area contributed by atoms with E-state index in [0.717, 1.165) is 24.3 Å². The highest BCUT2D eigenvalue weighted by Gasteiger charge is 2.23. The Labute approximate surface area is 184 Å². The molecule has 154 valence electrons. The quantitative estimate of drug-likeness (QED) is 0.446. The van der Waals surface area contributed by atoms with Gasteiger partial charge in [0.25, 0.3) is 5.91 Å². The van der Waals surface area contributed by atoms with Gasteiger partial charge in [0, 0.05) is 23.7 Å². The number of hydrogen-bond acceptors (Lipinski definition) is 5. The van der Waals surface area contributed by atoms with E-state index in [-0.39, 0.29) is 5.91 Å². The minimum atomic E-state index is -0.145. The Bertz CT molecular complexity index is 1000. The van der Waals surface area contributed by atoms with E-state index in [2.05, 4.69) is 18.7 Å². The van der Waals surface area contributed by atoms with Crippen molar-refractivity contribution in [1.29, 1.82) is 0 Å². The number of thiazole rings is 1. The summed E-state index contributed by atoms with van der Waals surface area (Å²) in [5.41, 5.74) is 1.18. The van der Waals surface area contributed by atoms with Gasteiger partial charge < -0.3 is 9.64 Å². The van der Waals surface area contributed by atoms with Crippen LogP contribution in [0.1, 0.15) is 24.2 Å². The van der Waals surface area contributed by atoms with Crippen LogP contribution in [0.3, 0.4) is 0 Å². The van der Waals surface area contributed by atoms with Crippen molar-refractivity contribution in [1.82, 2.24) is 9.88 Å². The van der Waals surface area contributed by atoms with E-state index in [1.165, 1.54) is 11.3 Å². The number of halogens is 2. The molecule has 0 radical (unpaired) electrons. The number of carbonyl (C=O) groups is 1. The highest BCUT2D eigenvalue weighted by Crippen LogP contribution is 2.39. The number of methoxy groups -OCH3 is 1. The zero-order valence-electron chi connectivity index (χ0n) is 16.6. The van der Waals surface area contributed by atoms with Gasteiger partial charge in [-0.2, -0.15) is 0 Å². The first-order chi connectivity index (χ1) is 14.0. The van der Waals surface area contributed by atoms with Gasteiger partial charge in [0.05, 0.1) is 16.8 Å². The van der Waals surface area contributed by atoms with Crippen LogP contribution < -0.4 is 9.64 Å². The summed E-state index contributed by atoms with van der Waals surface area (Å²) in [5.74, 6) is 0.486. The second kappa shape index (κ2) is 9.76. The summed E-state index contributed by atoms with van der Waals surface area (Å²) in [6.07, 6.45) is 0. The second-order valence-corrected chi connectivity index (χ2v) is 8.24. The lowest BCUT2D eigenvalue weighted by Crippen LogP contribution is -2.38. The third-order valence-corrected chi connectivity index (χ3v) is 6.52. The van der Waals surface area contributed by atoms with Crippen molar-refractivity contribution < 1.29 is 9.53 Å². The largest absolute Gasteiger partial charge is 0.494 e. The number of rotatable bonds is 8. The Balaban J connectivity index is 2.03. The molecule has 0 aliphatic rings. The molecule has 0 bridgehead atoms. The average Bonchev–Trinajstić information content (AvgIpc) is 3.17. The monoisotopic (exact) mass is 451 g/mol. The minimum absolute atomic E-state index is 0.145. The van der Waals surface area contributed by atoms with E-state index in [9.17, 15) is 4.79 Å². The molecule has 0 aliphatic heterocycles. The van der Waals surface area contributed by atoms with E-state index in [4.69, 9.17) is 32.9 Å². The normalized spacial score (nSPS) is 11.2. The lowest BCUT2D eigenvalue weighted by atomic mass is 10.2. The summed E-state index contributed by atoms with van der Waals surface area (Å²) in [5, 5.41) is 1.69. The fraction of sp³-hybridized carbons (Fsp3) is 0.333. The molecule has 29 heavy (non-hydrogen) atoms. The SMILES string of the molecule is CCN(CC)CCN(C(=O)c1cccc(Cl)c1)c1nc2c(OC)ccc(Cl)c2s1. The Morgan fingerprint density at radius 2 is 1.90 bits per heavy atom. The first kappa shape index (κ1) is 21.8. The zero-order chi connectivity index (χ0) is 21.0.